The zero-order chi connectivity index (χ0) is 5.56. The van der Waals surface area contributed by atoms with Crippen LogP contribution in [0.3, 0.4) is 0 Å². The van der Waals surface area contributed by atoms with Gasteiger partial charge < -0.3 is 0 Å². The topological polar surface area (TPSA) is 3.24 Å². The van der Waals surface area contributed by atoms with Crippen molar-refractivity contribution in [2.24, 2.45) is 5.92 Å². The van der Waals surface area contributed by atoms with Gasteiger partial charge in [-0.2, -0.15) is 0 Å². The number of hydrogen-bond donors (Lipinski definition) is 0. The van der Waals surface area contributed by atoms with Gasteiger partial charge >= 0.3 is 0 Å². The van der Waals surface area contributed by atoms with Crippen molar-refractivity contribution in [2.75, 3.05) is 6.54 Å². The van der Waals surface area contributed by atoms with E-state index in [9.17, 15) is 4.48 Å². The first kappa shape index (κ1) is 4.74. The van der Waals surface area contributed by atoms with Crippen LogP contribution in [0.25, 0.3) is 0 Å². The molecule has 1 saturated carbocycles. The third kappa shape index (κ3) is 0.558. The first-order chi connectivity index (χ1) is 3.88. The Labute approximate surface area is 48.4 Å². The van der Waals surface area contributed by atoms with Crippen molar-refractivity contribution < 1.29 is 4.48 Å². The summed E-state index contributed by atoms with van der Waals surface area (Å²) in [6.07, 6.45) is 3.64. The van der Waals surface area contributed by atoms with E-state index in [0.717, 1.165) is 17.5 Å². The second kappa shape index (κ2) is 1.44. The van der Waals surface area contributed by atoms with Crippen molar-refractivity contribution >= 4 is 0 Å². The zero-order valence-electron chi connectivity index (χ0n) is 4.81. The molecule has 0 radical (unpaired) electrons. The van der Waals surface area contributed by atoms with Crippen LogP contribution in [0, 0.1) is 5.92 Å². The minimum absolute atomic E-state index is 0.329. The Bertz CT molecular complexity index is 98.7. The van der Waals surface area contributed by atoms with Crippen molar-refractivity contribution in [1.29, 1.82) is 0 Å². The van der Waals surface area contributed by atoms with Gasteiger partial charge in [-0.25, -0.2) is 0 Å². The normalized spacial score (nSPS) is 39.4. The Morgan fingerprint density at radius 3 is 2.12 bits per heavy atom. The van der Waals surface area contributed by atoms with Crippen LogP contribution < -0.4 is 0 Å². The van der Waals surface area contributed by atoms with E-state index >= 15 is 0 Å². The quantitative estimate of drug-likeness (QED) is 0.466. The molecule has 0 amide bonds. The summed E-state index contributed by atoms with van der Waals surface area (Å²) >= 11 is 0. The van der Waals surface area contributed by atoms with Gasteiger partial charge in [0.2, 0.25) is 0 Å². The maximum atomic E-state index is 12.3. The Morgan fingerprint density at radius 1 is 1.25 bits per heavy atom. The summed E-state index contributed by atoms with van der Waals surface area (Å²) in [5.74, 6) is 0.730. The molecule has 46 valence electrons. The molecule has 1 saturated heterocycles. The molecule has 0 bridgehead atoms. The third-order valence-electron chi connectivity index (χ3n) is 2.16. The summed E-state index contributed by atoms with van der Waals surface area (Å²) in [5, 5.41) is 0.984. The lowest BCUT2D eigenvalue weighted by Gasteiger charge is -2.32. The molecule has 8 heavy (non-hydrogen) atoms. The minimum Gasteiger partial charge on any atom is -0.143 e. The summed E-state index contributed by atoms with van der Waals surface area (Å²) < 4.78 is 12.3. The molecule has 0 aromatic rings. The van der Waals surface area contributed by atoms with E-state index < -0.39 is 0 Å². The Morgan fingerprint density at radius 2 is 2.00 bits per heavy atom. The lowest BCUT2D eigenvalue weighted by molar-refractivity contribution is -0.100. The van der Waals surface area contributed by atoms with Crippen molar-refractivity contribution in [3.63, 3.8) is 0 Å². The second-order valence-corrected chi connectivity index (χ2v) is 2.82. The summed E-state index contributed by atoms with van der Waals surface area (Å²) in [6.45, 7) is 0.682. The van der Waals surface area contributed by atoms with Crippen molar-refractivity contribution in [3.8, 4) is 0 Å². The molecule has 1 heterocycles. The van der Waals surface area contributed by atoms with Gasteiger partial charge in [0.05, 0.1) is 0 Å². The second-order valence-electron chi connectivity index (χ2n) is 2.82. The summed E-state index contributed by atoms with van der Waals surface area (Å²) in [6, 6.07) is 0.329. The maximum absolute atomic E-state index is 12.3. The molecule has 0 N–H and O–H groups in total. The largest absolute Gasteiger partial charge is 0.143 e. The molecule has 0 aromatic carbocycles. The highest BCUT2D eigenvalue weighted by molar-refractivity contribution is 4.91. The molecule has 0 spiro atoms. The van der Waals surface area contributed by atoms with Crippen molar-refractivity contribution in [2.45, 2.75) is 25.3 Å². The molecule has 1 nitrogen and oxygen atoms in total. The number of hydrogen-bond acceptors (Lipinski definition) is 1. The van der Waals surface area contributed by atoms with E-state index in [-0.39, 0.29) is 0 Å². The molecule has 1 atom stereocenters. The first-order valence-electron chi connectivity index (χ1n) is 3.30. The highest BCUT2D eigenvalue weighted by atomic mass is 19.2. The van der Waals surface area contributed by atoms with Crippen LogP contribution in [-0.2, 0) is 0 Å². The van der Waals surface area contributed by atoms with Crippen LogP contribution >= 0.6 is 0 Å². The van der Waals surface area contributed by atoms with Gasteiger partial charge in [-0.15, -0.1) is 9.60 Å². The third-order valence-corrected chi connectivity index (χ3v) is 2.16. The molecule has 1 unspecified atom stereocenters. The van der Waals surface area contributed by atoms with Gasteiger partial charge in [-0.1, -0.05) is 0 Å². The fraction of sp³-hybridized carbons (Fsp3) is 1.00. The highest BCUT2D eigenvalue weighted by Gasteiger charge is 2.40. The SMILES string of the molecule is FN1CCC1C1CC1. The number of rotatable bonds is 1. The zero-order valence-corrected chi connectivity index (χ0v) is 4.81. The summed E-state index contributed by atoms with van der Waals surface area (Å²) in [7, 11) is 0. The fourth-order valence-corrected chi connectivity index (χ4v) is 1.32. The average Bonchev–Trinajstić information content (AvgIpc) is 2.46. The van der Waals surface area contributed by atoms with E-state index in [1.165, 1.54) is 12.8 Å². The lowest BCUT2D eigenvalue weighted by Crippen LogP contribution is -2.42. The summed E-state index contributed by atoms with van der Waals surface area (Å²) in [5.41, 5.74) is 0. The Kier molecular flexibility index (Phi) is 0.852. The molecule has 2 rings (SSSR count). The van der Waals surface area contributed by atoms with Gasteiger partial charge in [0, 0.05) is 12.6 Å². The van der Waals surface area contributed by atoms with Gasteiger partial charge in [0.1, 0.15) is 0 Å². The highest BCUT2D eigenvalue weighted by Crippen LogP contribution is 2.40. The number of halogens is 1. The lowest BCUT2D eigenvalue weighted by atomic mass is 10.0. The van der Waals surface area contributed by atoms with Gasteiger partial charge in [-0.3, -0.25) is 0 Å². The molecule has 2 heteroatoms. The van der Waals surface area contributed by atoms with Gasteiger partial charge in [-0.05, 0) is 25.2 Å². The van der Waals surface area contributed by atoms with Crippen LogP contribution in [-0.4, -0.2) is 17.7 Å². The van der Waals surface area contributed by atoms with E-state index in [0.29, 0.717) is 12.6 Å². The Balaban J connectivity index is 1.87. The van der Waals surface area contributed by atoms with Crippen LogP contribution in [0.4, 0.5) is 4.48 Å². The molecule has 1 aliphatic heterocycles. The maximum Gasteiger partial charge on any atom is 0.0443 e. The standard InChI is InChI=1S/C6H10FN/c7-8-4-3-6(8)5-1-2-5/h5-6H,1-4H2. The van der Waals surface area contributed by atoms with Crippen molar-refractivity contribution in [1.82, 2.24) is 5.12 Å². The predicted molar refractivity (Wildman–Crippen MR) is 28.9 cm³/mol. The molecule has 2 aliphatic rings. The van der Waals surface area contributed by atoms with Crippen molar-refractivity contribution in [3.05, 3.63) is 0 Å². The molecular formula is C6H10FN. The van der Waals surface area contributed by atoms with Crippen LogP contribution in [0.5, 0.6) is 0 Å². The van der Waals surface area contributed by atoms with E-state index in [1.807, 2.05) is 0 Å². The predicted octanol–water partition coefficient (Wildman–Crippen LogP) is 1.36. The fourth-order valence-electron chi connectivity index (χ4n) is 1.32. The minimum atomic E-state index is 0.329. The summed E-state index contributed by atoms with van der Waals surface area (Å²) in [4.78, 5) is 0. The van der Waals surface area contributed by atoms with E-state index in [2.05, 4.69) is 0 Å². The first-order valence-corrected chi connectivity index (χ1v) is 3.30. The molecular weight excluding hydrogens is 105 g/mol. The van der Waals surface area contributed by atoms with Crippen LogP contribution in [0.15, 0.2) is 0 Å². The average molecular weight is 115 g/mol. The Hall–Kier alpha value is -0.110. The molecule has 2 fully saturated rings. The van der Waals surface area contributed by atoms with Crippen LogP contribution in [0.1, 0.15) is 19.3 Å². The van der Waals surface area contributed by atoms with E-state index in [4.69, 9.17) is 0 Å². The van der Waals surface area contributed by atoms with Crippen LogP contribution in [0.2, 0.25) is 0 Å². The molecule has 0 aromatic heterocycles. The van der Waals surface area contributed by atoms with Gasteiger partial charge in [0.25, 0.3) is 0 Å². The monoisotopic (exact) mass is 115 g/mol. The smallest absolute Gasteiger partial charge is 0.0443 e. The number of nitrogens with zero attached hydrogens (tertiary/aromatic N) is 1. The van der Waals surface area contributed by atoms with Gasteiger partial charge in [0.15, 0.2) is 0 Å². The molecule has 1 aliphatic carbocycles. The van der Waals surface area contributed by atoms with E-state index in [1.54, 1.807) is 0 Å².